The predicted molar refractivity (Wildman–Crippen MR) is 129 cm³/mol. The first-order valence-electron chi connectivity index (χ1n) is 12.3. The zero-order chi connectivity index (χ0) is 22.1. The fourth-order valence-electron chi connectivity index (χ4n) is 7.69. The summed E-state index contributed by atoms with van der Waals surface area (Å²) in [6, 6.07) is 0. The first-order chi connectivity index (χ1) is 13.7. The molecule has 0 bridgehead atoms. The van der Waals surface area contributed by atoms with Crippen LogP contribution >= 0.6 is 0 Å². The Labute approximate surface area is 186 Å². The molecule has 30 heavy (non-hydrogen) atoms. The lowest BCUT2D eigenvalue weighted by atomic mass is 9.47. The molecular formula is C25H44O3Si2. The van der Waals surface area contributed by atoms with Gasteiger partial charge in [-0.05, 0) is 118 Å². The fraction of sp³-hybridized carbons (Fsp3) is 0.880. The highest BCUT2D eigenvalue weighted by molar-refractivity contribution is 6.70. The molecule has 0 aromatic carbocycles. The number of fused-ring (bicyclic) bond motifs is 5. The van der Waals surface area contributed by atoms with Gasteiger partial charge in [-0.1, -0.05) is 13.8 Å². The number of carbonyl (C=O) groups is 1. The third-order valence-corrected chi connectivity index (χ3v) is 10.8. The van der Waals surface area contributed by atoms with E-state index in [0.29, 0.717) is 35.6 Å². The van der Waals surface area contributed by atoms with Gasteiger partial charge in [0.05, 0.1) is 12.2 Å². The molecule has 0 saturated heterocycles. The predicted octanol–water partition coefficient (Wildman–Crippen LogP) is 6.57. The largest absolute Gasteiger partial charge is 0.414 e. The molecule has 4 aliphatic carbocycles. The van der Waals surface area contributed by atoms with Gasteiger partial charge in [0.15, 0.2) is 22.4 Å². The van der Waals surface area contributed by atoms with Crippen LogP contribution in [-0.2, 0) is 13.6 Å². The molecule has 0 spiro atoms. The Bertz CT molecular complexity index is 734. The van der Waals surface area contributed by atoms with Crippen LogP contribution < -0.4 is 0 Å². The van der Waals surface area contributed by atoms with Crippen molar-refractivity contribution in [3.05, 3.63) is 11.6 Å². The summed E-state index contributed by atoms with van der Waals surface area (Å²) in [5, 5.41) is 0. The SMILES string of the molecule is CC12CCC(=O)C=C1[C@@H](O[Si](C)(C)C)CC1C2CCC2(C)C1CC[C@@H]2O[Si](C)(C)C. The van der Waals surface area contributed by atoms with Gasteiger partial charge < -0.3 is 8.85 Å². The minimum Gasteiger partial charge on any atom is -0.414 e. The molecule has 0 N–H and O–H groups in total. The molecule has 7 atom stereocenters. The van der Waals surface area contributed by atoms with Crippen molar-refractivity contribution < 1.29 is 13.6 Å². The average molecular weight is 449 g/mol. The van der Waals surface area contributed by atoms with Gasteiger partial charge in [0.1, 0.15) is 0 Å². The monoisotopic (exact) mass is 448 g/mol. The molecule has 0 amide bonds. The molecule has 0 heterocycles. The molecule has 3 fully saturated rings. The summed E-state index contributed by atoms with van der Waals surface area (Å²) in [6.07, 6.45) is 10.5. The summed E-state index contributed by atoms with van der Waals surface area (Å²) in [6.45, 7) is 18.9. The Morgan fingerprint density at radius 3 is 2.20 bits per heavy atom. The normalized spacial score (nSPS) is 44.2. The van der Waals surface area contributed by atoms with Gasteiger partial charge in [0.2, 0.25) is 0 Å². The van der Waals surface area contributed by atoms with Gasteiger partial charge in [-0.2, -0.15) is 0 Å². The molecule has 5 unspecified atom stereocenters. The van der Waals surface area contributed by atoms with Gasteiger partial charge in [0.25, 0.3) is 0 Å². The molecular weight excluding hydrogens is 404 g/mol. The molecule has 4 rings (SSSR count). The standard InChI is InChI=1S/C25H44O3Si2/c1-24-13-11-17(26)15-21(24)22(27-29(3,4)5)16-18-19-9-10-23(28-30(6,7)8)25(19,2)14-12-20(18)24/h15,18-20,22-23H,9-14,16H2,1-8H3/t18?,19?,20?,22-,23-,24?,25?/m0/s1. The van der Waals surface area contributed by atoms with Gasteiger partial charge in [-0.3, -0.25) is 4.79 Å². The molecule has 0 radical (unpaired) electrons. The smallest absolute Gasteiger partial charge is 0.184 e. The second-order valence-corrected chi connectivity index (χ2v) is 22.1. The van der Waals surface area contributed by atoms with Gasteiger partial charge in [0, 0.05) is 6.42 Å². The van der Waals surface area contributed by atoms with Crippen LogP contribution in [-0.4, -0.2) is 34.6 Å². The average Bonchev–Trinajstić information content (AvgIpc) is 2.90. The van der Waals surface area contributed by atoms with Crippen LogP contribution in [0, 0.1) is 28.6 Å². The Morgan fingerprint density at radius 1 is 0.900 bits per heavy atom. The van der Waals surface area contributed by atoms with Crippen molar-refractivity contribution in [2.24, 2.45) is 28.6 Å². The summed E-state index contributed by atoms with van der Waals surface area (Å²) in [4.78, 5) is 12.4. The molecule has 170 valence electrons. The molecule has 0 aromatic rings. The van der Waals surface area contributed by atoms with E-state index in [1.165, 1.54) is 31.3 Å². The minimum atomic E-state index is -1.70. The highest BCUT2D eigenvalue weighted by atomic mass is 28.4. The van der Waals surface area contributed by atoms with Gasteiger partial charge in [-0.25, -0.2) is 0 Å². The lowest BCUT2D eigenvalue weighted by Crippen LogP contribution is -2.56. The van der Waals surface area contributed by atoms with E-state index in [1.807, 2.05) is 6.08 Å². The maximum Gasteiger partial charge on any atom is 0.184 e. The van der Waals surface area contributed by atoms with Crippen molar-refractivity contribution in [1.82, 2.24) is 0 Å². The Kier molecular flexibility index (Phi) is 5.65. The highest BCUT2D eigenvalue weighted by Gasteiger charge is 2.61. The van der Waals surface area contributed by atoms with E-state index in [2.05, 4.69) is 53.1 Å². The maximum absolute atomic E-state index is 12.4. The zero-order valence-electron chi connectivity index (χ0n) is 20.6. The van der Waals surface area contributed by atoms with Gasteiger partial charge >= 0.3 is 0 Å². The Morgan fingerprint density at radius 2 is 1.57 bits per heavy atom. The van der Waals surface area contributed by atoms with Crippen LogP contribution in [0.2, 0.25) is 39.3 Å². The van der Waals surface area contributed by atoms with Crippen molar-refractivity contribution >= 4 is 22.4 Å². The summed E-state index contributed by atoms with van der Waals surface area (Å²) in [7, 11) is -3.25. The minimum absolute atomic E-state index is 0.139. The number of hydrogen-bond donors (Lipinski definition) is 0. The lowest BCUT2D eigenvalue weighted by Gasteiger charge is -2.60. The summed E-state index contributed by atoms with van der Waals surface area (Å²) in [5.41, 5.74) is 1.80. The number of rotatable bonds is 4. The van der Waals surface area contributed by atoms with Crippen LogP contribution in [0.5, 0.6) is 0 Å². The molecule has 0 aromatic heterocycles. The molecule has 5 heteroatoms. The second-order valence-electron chi connectivity index (χ2n) is 13.2. The first kappa shape index (κ1) is 22.9. The molecule has 3 nitrogen and oxygen atoms in total. The quantitative estimate of drug-likeness (QED) is 0.456. The van der Waals surface area contributed by atoms with Crippen molar-refractivity contribution in [1.29, 1.82) is 0 Å². The van der Waals surface area contributed by atoms with E-state index in [4.69, 9.17) is 8.85 Å². The van der Waals surface area contributed by atoms with E-state index < -0.39 is 16.6 Å². The summed E-state index contributed by atoms with van der Waals surface area (Å²) < 4.78 is 13.6. The molecule has 0 aliphatic heterocycles. The third kappa shape index (κ3) is 3.97. The fourth-order valence-corrected chi connectivity index (χ4v) is 10.0. The van der Waals surface area contributed by atoms with E-state index in [1.54, 1.807) is 0 Å². The van der Waals surface area contributed by atoms with Crippen molar-refractivity contribution in [3.8, 4) is 0 Å². The van der Waals surface area contributed by atoms with Crippen molar-refractivity contribution in [2.45, 2.75) is 110 Å². The second kappa shape index (κ2) is 7.39. The van der Waals surface area contributed by atoms with Gasteiger partial charge in [-0.15, -0.1) is 0 Å². The van der Waals surface area contributed by atoms with E-state index in [9.17, 15) is 4.79 Å². The van der Waals surface area contributed by atoms with Crippen molar-refractivity contribution in [2.75, 3.05) is 0 Å². The zero-order valence-corrected chi connectivity index (χ0v) is 22.6. The van der Waals surface area contributed by atoms with Crippen LogP contribution in [0.3, 0.4) is 0 Å². The Balaban J connectivity index is 1.68. The summed E-state index contributed by atoms with van der Waals surface area (Å²) in [5.74, 6) is 2.45. The lowest BCUT2D eigenvalue weighted by molar-refractivity contribution is -0.119. The molecule has 4 aliphatic rings. The number of carbonyl (C=O) groups excluding carboxylic acids is 1. The Hall–Kier alpha value is -0.236. The maximum atomic E-state index is 12.4. The number of hydrogen-bond acceptors (Lipinski definition) is 3. The van der Waals surface area contributed by atoms with Crippen molar-refractivity contribution in [3.63, 3.8) is 0 Å². The van der Waals surface area contributed by atoms with E-state index in [-0.39, 0.29) is 11.5 Å². The highest BCUT2D eigenvalue weighted by Crippen LogP contribution is 2.66. The topological polar surface area (TPSA) is 35.5 Å². The van der Waals surface area contributed by atoms with Crippen LogP contribution in [0.1, 0.15) is 58.8 Å². The first-order valence-corrected chi connectivity index (χ1v) is 19.2. The van der Waals surface area contributed by atoms with E-state index in [0.717, 1.165) is 18.8 Å². The molecule has 3 saturated carbocycles. The van der Waals surface area contributed by atoms with Crippen LogP contribution in [0.25, 0.3) is 0 Å². The van der Waals surface area contributed by atoms with Crippen LogP contribution in [0.15, 0.2) is 11.6 Å². The van der Waals surface area contributed by atoms with E-state index >= 15 is 0 Å². The third-order valence-electron chi connectivity index (χ3n) is 8.86. The van der Waals surface area contributed by atoms with Crippen LogP contribution in [0.4, 0.5) is 0 Å². The summed E-state index contributed by atoms with van der Waals surface area (Å²) >= 11 is 0. The number of ketones is 1.